The third-order valence-electron chi connectivity index (χ3n) is 3.57. The van der Waals surface area contributed by atoms with E-state index < -0.39 is 0 Å². The average molecular weight is 403 g/mol. The number of ether oxygens (including phenoxy) is 1. The van der Waals surface area contributed by atoms with Gasteiger partial charge in [0.1, 0.15) is 5.37 Å². The second-order valence-electron chi connectivity index (χ2n) is 5.15. The van der Waals surface area contributed by atoms with Crippen LogP contribution in [-0.2, 0) is 4.79 Å². The summed E-state index contributed by atoms with van der Waals surface area (Å²) in [5.41, 5.74) is 1.65. The summed E-state index contributed by atoms with van der Waals surface area (Å²) in [7, 11) is 0. The van der Waals surface area contributed by atoms with Gasteiger partial charge in [0.2, 0.25) is 5.91 Å². The van der Waals surface area contributed by atoms with E-state index in [1.54, 1.807) is 29.2 Å². The number of carbonyl (C=O) groups excluding carboxylic acids is 1. The molecule has 1 saturated heterocycles. The van der Waals surface area contributed by atoms with Gasteiger partial charge in [-0.25, -0.2) is 0 Å². The molecule has 0 radical (unpaired) electrons. The van der Waals surface area contributed by atoms with Gasteiger partial charge in [-0.3, -0.25) is 9.69 Å². The summed E-state index contributed by atoms with van der Waals surface area (Å²) in [4.78, 5) is 14.1. The molecule has 1 fully saturated rings. The van der Waals surface area contributed by atoms with Crippen molar-refractivity contribution in [2.75, 3.05) is 17.3 Å². The molecule has 1 atom stereocenters. The number of halogens is 3. The third kappa shape index (κ3) is 3.47. The summed E-state index contributed by atoms with van der Waals surface area (Å²) in [6.45, 7) is 2.35. The van der Waals surface area contributed by atoms with Gasteiger partial charge < -0.3 is 4.74 Å². The smallest absolute Gasteiger partial charge is 0.238 e. The van der Waals surface area contributed by atoms with Crippen LogP contribution in [0.2, 0.25) is 15.1 Å². The van der Waals surface area contributed by atoms with Gasteiger partial charge in [-0.1, -0.05) is 34.8 Å². The molecule has 1 heterocycles. The number of amides is 1. The Morgan fingerprint density at radius 1 is 1.17 bits per heavy atom. The molecule has 2 aromatic carbocycles. The fraction of sp³-hybridized carbons (Fsp3) is 0.235. The van der Waals surface area contributed by atoms with Gasteiger partial charge in [-0.2, -0.15) is 0 Å². The SMILES string of the molecule is CCOc1c(Cl)cc([C@@H]2SCC(=O)N2c2ccc(Cl)cc2)cc1Cl. The molecule has 2 aromatic rings. The monoisotopic (exact) mass is 401 g/mol. The maximum Gasteiger partial charge on any atom is 0.238 e. The van der Waals surface area contributed by atoms with E-state index >= 15 is 0 Å². The Hall–Kier alpha value is -1.07. The predicted molar refractivity (Wildman–Crippen MR) is 102 cm³/mol. The molecule has 3 rings (SSSR count). The number of hydrogen-bond donors (Lipinski definition) is 0. The van der Waals surface area contributed by atoms with E-state index in [1.165, 1.54) is 11.8 Å². The molecule has 126 valence electrons. The first kappa shape index (κ1) is 17.7. The number of hydrogen-bond acceptors (Lipinski definition) is 3. The molecular weight excluding hydrogens is 389 g/mol. The predicted octanol–water partition coefficient (Wildman–Crippen LogP) is 5.82. The van der Waals surface area contributed by atoms with Gasteiger partial charge in [0.25, 0.3) is 0 Å². The van der Waals surface area contributed by atoms with Crippen LogP contribution in [0.4, 0.5) is 5.69 Å². The van der Waals surface area contributed by atoms with E-state index in [4.69, 9.17) is 39.5 Å². The fourth-order valence-electron chi connectivity index (χ4n) is 2.56. The minimum atomic E-state index is -0.190. The maximum atomic E-state index is 12.4. The van der Waals surface area contributed by atoms with Crippen molar-refractivity contribution in [3.63, 3.8) is 0 Å². The van der Waals surface area contributed by atoms with Crippen LogP contribution in [0.5, 0.6) is 5.75 Å². The molecule has 1 amide bonds. The topological polar surface area (TPSA) is 29.5 Å². The van der Waals surface area contributed by atoms with E-state index in [-0.39, 0.29) is 11.3 Å². The lowest BCUT2D eigenvalue weighted by atomic mass is 10.1. The van der Waals surface area contributed by atoms with E-state index in [1.807, 2.05) is 19.1 Å². The highest BCUT2D eigenvalue weighted by Crippen LogP contribution is 2.45. The Morgan fingerprint density at radius 3 is 2.38 bits per heavy atom. The summed E-state index contributed by atoms with van der Waals surface area (Å²) < 4.78 is 5.46. The number of benzene rings is 2. The lowest BCUT2D eigenvalue weighted by Gasteiger charge is -2.25. The minimum absolute atomic E-state index is 0.0356. The highest BCUT2D eigenvalue weighted by Gasteiger charge is 2.34. The van der Waals surface area contributed by atoms with Crippen LogP contribution in [-0.4, -0.2) is 18.3 Å². The van der Waals surface area contributed by atoms with Crippen molar-refractivity contribution in [3.05, 3.63) is 57.0 Å². The molecule has 1 aliphatic heterocycles. The summed E-state index contributed by atoms with van der Waals surface area (Å²) in [5.74, 6) is 0.904. The van der Waals surface area contributed by atoms with Crippen LogP contribution in [0.1, 0.15) is 17.9 Å². The molecule has 0 N–H and O–H groups in total. The van der Waals surface area contributed by atoms with Gasteiger partial charge in [-0.05, 0) is 48.9 Å². The van der Waals surface area contributed by atoms with Gasteiger partial charge in [0.15, 0.2) is 5.75 Å². The van der Waals surface area contributed by atoms with Gasteiger partial charge in [0.05, 0.1) is 22.4 Å². The molecule has 0 saturated carbocycles. The van der Waals surface area contributed by atoms with Crippen LogP contribution >= 0.6 is 46.6 Å². The van der Waals surface area contributed by atoms with E-state index in [9.17, 15) is 4.79 Å². The summed E-state index contributed by atoms with van der Waals surface area (Å²) in [6.07, 6.45) is 0. The molecule has 0 spiro atoms. The van der Waals surface area contributed by atoms with Crippen LogP contribution in [0.25, 0.3) is 0 Å². The standard InChI is InChI=1S/C17H14Cl3NO2S/c1-2-23-16-13(19)7-10(8-14(16)20)17-21(15(22)9-24-17)12-5-3-11(18)4-6-12/h3-8,17H,2,9H2,1H3/t17-/m0/s1. The lowest BCUT2D eigenvalue weighted by molar-refractivity contribution is -0.115. The average Bonchev–Trinajstić information content (AvgIpc) is 2.93. The van der Waals surface area contributed by atoms with Gasteiger partial charge in [0, 0.05) is 10.7 Å². The Bertz CT molecular complexity index is 744. The van der Waals surface area contributed by atoms with Crippen LogP contribution in [0, 0.1) is 0 Å². The number of thioether (sulfide) groups is 1. The largest absolute Gasteiger partial charge is 0.491 e. The molecule has 0 aromatic heterocycles. The van der Waals surface area contributed by atoms with Crippen molar-refractivity contribution in [3.8, 4) is 5.75 Å². The molecule has 24 heavy (non-hydrogen) atoms. The van der Waals surface area contributed by atoms with Crippen molar-refractivity contribution in [2.24, 2.45) is 0 Å². The minimum Gasteiger partial charge on any atom is -0.491 e. The number of nitrogens with zero attached hydrogens (tertiary/aromatic N) is 1. The van der Waals surface area contributed by atoms with Gasteiger partial charge in [-0.15, -0.1) is 11.8 Å². The number of anilines is 1. The number of rotatable bonds is 4. The molecular formula is C17H14Cl3NO2S. The summed E-state index contributed by atoms with van der Waals surface area (Å²) in [6, 6.07) is 10.8. The second-order valence-corrected chi connectivity index (χ2v) is 7.47. The fourth-order valence-corrected chi connectivity index (χ4v) is 4.45. The lowest BCUT2D eigenvalue weighted by Crippen LogP contribution is -2.27. The van der Waals surface area contributed by atoms with Crippen LogP contribution in [0.15, 0.2) is 36.4 Å². The van der Waals surface area contributed by atoms with Gasteiger partial charge >= 0.3 is 0 Å². The molecule has 0 bridgehead atoms. The third-order valence-corrected chi connectivity index (χ3v) is 5.59. The second kappa shape index (κ2) is 7.44. The van der Waals surface area contributed by atoms with E-state index in [2.05, 4.69) is 0 Å². The molecule has 7 heteroatoms. The summed E-state index contributed by atoms with van der Waals surface area (Å²) in [5, 5.41) is 1.32. The Kier molecular flexibility index (Phi) is 5.50. The normalized spacial score (nSPS) is 17.4. The first-order valence-electron chi connectivity index (χ1n) is 7.32. The zero-order chi connectivity index (χ0) is 17.3. The van der Waals surface area contributed by atoms with E-state index in [0.717, 1.165) is 11.3 Å². The highest BCUT2D eigenvalue weighted by molar-refractivity contribution is 8.00. The Balaban J connectivity index is 1.98. The van der Waals surface area contributed by atoms with Crippen LogP contribution < -0.4 is 9.64 Å². The van der Waals surface area contributed by atoms with E-state index in [0.29, 0.717) is 33.2 Å². The molecule has 0 aliphatic carbocycles. The van der Waals surface area contributed by atoms with Crippen LogP contribution in [0.3, 0.4) is 0 Å². The summed E-state index contributed by atoms with van der Waals surface area (Å²) >= 11 is 20.1. The Labute approximate surface area is 159 Å². The zero-order valence-electron chi connectivity index (χ0n) is 12.8. The maximum absolute atomic E-state index is 12.4. The molecule has 1 aliphatic rings. The molecule has 0 unspecified atom stereocenters. The van der Waals surface area contributed by atoms with Crippen molar-refractivity contribution in [2.45, 2.75) is 12.3 Å². The highest BCUT2D eigenvalue weighted by atomic mass is 35.5. The zero-order valence-corrected chi connectivity index (χ0v) is 15.8. The first-order valence-corrected chi connectivity index (χ1v) is 9.50. The molecule has 3 nitrogen and oxygen atoms in total. The van der Waals surface area contributed by atoms with Crippen molar-refractivity contribution >= 4 is 58.2 Å². The first-order chi connectivity index (χ1) is 11.5. The van der Waals surface area contributed by atoms with Crippen molar-refractivity contribution in [1.29, 1.82) is 0 Å². The van der Waals surface area contributed by atoms with Crippen molar-refractivity contribution in [1.82, 2.24) is 0 Å². The quantitative estimate of drug-likeness (QED) is 0.645. The number of carbonyl (C=O) groups is 1. The van der Waals surface area contributed by atoms with Crippen molar-refractivity contribution < 1.29 is 9.53 Å². The Morgan fingerprint density at radius 2 is 1.79 bits per heavy atom.